The van der Waals surface area contributed by atoms with Crippen LogP contribution in [0.3, 0.4) is 0 Å². The molecule has 2 bridgehead atoms. The first kappa shape index (κ1) is 6.68. The predicted molar refractivity (Wildman–Crippen MR) is 40.8 cm³/mol. The molecule has 0 radical (unpaired) electrons. The van der Waals surface area contributed by atoms with Crippen LogP contribution in [0.15, 0.2) is 0 Å². The van der Waals surface area contributed by atoms with Crippen LogP contribution in [0.5, 0.6) is 0 Å². The van der Waals surface area contributed by atoms with Crippen LogP contribution in [-0.2, 0) is 9.47 Å². The second-order valence-electron chi connectivity index (χ2n) is 3.64. The summed E-state index contributed by atoms with van der Waals surface area (Å²) in [6.07, 6.45) is 2.53. The van der Waals surface area contributed by atoms with E-state index in [-0.39, 0.29) is 5.60 Å². The molecule has 56 valence electrons. The van der Waals surface area contributed by atoms with Gasteiger partial charge in [-0.2, -0.15) is 0 Å². The highest BCUT2D eigenvalue weighted by Gasteiger charge is 2.44. The Morgan fingerprint density at radius 1 is 1.60 bits per heavy atom. The van der Waals surface area contributed by atoms with Gasteiger partial charge in [-0.3, -0.25) is 0 Å². The van der Waals surface area contributed by atoms with Crippen LogP contribution in [0, 0.1) is 0 Å². The molecule has 2 aliphatic rings. The van der Waals surface area contributed by atoms with Gasteiger partial charge in [0.1, 0.15) is 7.85 Å². The smallest absolute Gasteiger partial charge is 0.142 e. The molecule has 0 saturated carbocycles. The number of hydrogen-bond donors (Lipinski definition) is 0. The third-order valence-electron chi connectivity index (χ3n) is 2.59. The van der Waals surface area contributed by atoms with Crippen molar-refractivity contribution in [2.75, 3.05) is 6.61 Å². The van der Waals surface area contributed by atoms with E-state index in [4.69, 9.17) is 9.47 Å². The van der Waals surface area contributed by atoms with Gasteiger partial charge < -0.3 is 9.47 Å². The van der Waals surface area contributed by atoms with E-state index < -0.39 is 0 Å². The predicted octanol–water partition coefficient (Wildman–Crippen LogP) is -0.0865. The highest BCUT2D eigenvalue weighted by Crippen LogP contribution is 2.37. The molecule has 0 aromatic heterocycles. The minimum atomic E-state index is 0.141. The molecule has 0 aliphatic carbocycles. The molecule has 0 N–H and O–H groups in total. The van der Waals surface area contributed by atoms with E-state index in [2.05, 4.69) is 14.8 Å². The van der Waals surface area contributed by atoms with Crippen LogP contribution in [0.1, 0.15) is 19.8 Å². The van der Waals surface area contributed by atoms with E-state index in [1.165, 1.54) is 0 Å². The zero-order valence-electron chi connectivity index (χ0n) is 6.59. The molecule has 3 atom stereocenters. The Morgan fingerprint density at radius 2 is 2.40 bits per heavy atom. The Kier molecular flexibility index (Phi) is 1.33. The summed E-state index contributed by atoms with van der Waals surface area (Å²) in [5.41, 5.74) is 0.141. The van der Waals surface area contributed by atoms with Gasteiger partial charge in [-0.15, -0.1) is 0 Å². The van der Waals surface area contributed by atoms with Crippen molar-refractivity contribution in [2.45, 2.75) is 37.5 Å². The SMILES string of the molecule is BC1OC2(C)CCOC1C2. The molecule has 0 spiro atoms. The Morgan fingerprint density at radius 3 is 3.00 bits per heavy atom. The summed E-state index contributed by atoms with van der Waals surface area (Å²) in [7, 11) is 2.10. The molecule has 10 heavy (non-hydrogen) atoms. The largest absolute Gasteiger partial charge is 0.378 e. The van der Waals surface area contributed by atoms with Gasteiger partial charge in [-0.05, 0) is 13.3 Å². The fourth-order valence-electron chi connectivity index (χ4n) is 1.95. The highest BCUT2D eigenvalue weighted by molar-refractivity contribution is 6.11. The summed E-state index contributed by atoms with van der Waals surface area (Å²) in [5, 5.41) is 0. The van der Waals surface area contributed by atoms with Crippen molar-refractivity contribution in [3.05, 3.63) is 0 Å². The number of fused-ring (bicyclic) bond motifs is 2. The van der Waals surface area contributed by atoms with E-state index in [1.807, 2.05) is 0 Å². The topological polar surface area (TPSA) is 18.5 Å². The van der Waals surface area contributed by atoms with Crippen molar-refractivity contribution in [1.29, 1.82) is 0 Å². The molecule has 2 saturated heterocycles. The van der Waals surface area contributed by atoms with Gasteiger partial charge in [0.2, 0.25) is 0 Å². The molecule has 2 heterocycles. The lowest BCUT2D eigenvalue weighted by atomic mass is 9.89. The maximum absolute atomic E-state index is 5.75. The van der Waals surface area contributed by atoms with Gasteiger partial charge in [0, 0.05) is 13.0 Å². The first-order chi connectivity index (χ1) is 4.70. The van der Waals surface area contributed by atoms with E-state index >= 15 is 0 Å². The first-order valence-corrected chi connectivity index (χ1v) is 3.99. The minimum absolute atomic E-state index is 0.141. The second kappa shape index (κ2) is 1.99. The van der Waals surface area contributed by atoms with Gasteiger partial charge in [-0.1, -0.05) is 0 Å². The third-order valence-corrected chi connectivity index (χ3v) is 2.59. The lowest BCUT2D eigenvalue weighted by Gasteiger charge is -2.26. The van der Waals surface area contributed by atoms with Crippen LogP contribution < -0.4 is 0 Å². The van der Waals surface area contributed by atoms with Crippen molar-refractivity contribution in [3.63, 3.8) is 0 Å². The van der Waals surface area contributed by atoms with Gasteiger partial charge in [-0.25, -0.2) is 0 Å². The average Bonchev–Trinajstić information content (AvgIpc) is 2.03. The van der Waals surface area contributed by atoms with E-state index in [0.717, 1.165) is 19.4 Å². The van der Waals surface area contributed by atoms with Gasteiger partial charge in [0.15, 0.2) is 0 Å². The summed E-state index contributed by atoms with van der Waals surface area (Å²) in [5.74, 6) is 0. The summed E-state index contributed by atoms with van der Waals surface area (Å²) >= 11 is 0. The molecule has 3 heteroatoms. The Bertz CT molecular complexity index is 147. The lowest BCUT2D eigenvalue weighted by Crippen LogP contribution is -2.31. The van der Waals surface area contributed by atoms with Gasteiger partial charge >= 0.3 is 0 Å². The van der Waals surface area contributed by atoms with Crippen LogP contribution in [-0.4, -0.2) is 32.2 Å². The fourth-order valence-corrected chi connectivity index (χ4v) is 1.95. The maximum atomic E-state index is 5.75. The molecule has 2 rings (SSSR count). The summed E-state index contributed by atoms with van der Waals surface area (Å²) in [6.45, 7) is 3.07. The Balaban J connectivity index is 2.16. The van der Waals surface area contributed by atoms with Crippen LogP contribution in [0.2, 0.25) is 0 Å². The fraction of sp³-hybridized carbons (Fsp3) is 1.00. The standard InChI is InChI=1S/C7H13BO2/c1-7-2-3-9-5(4-7)6(8)10-7/h5-6H,2-4,8H2,1H3. The average molecular weight is 140 g/mol. The van der Waals surface area contributed by atoms with Crippen LogP contribution in [0.4, 0.5) is 0 Å². The monoisotopic (exact) mass is 140 g/mol. The van der Waals surface area contributed by atoms with Crippen molar-refractivity contribution >= 4 is 7.85 Å². The summed E-state index contributed by atoms with van der Waals surface area (Å²) in [4.78, 5) is 0. The third kappa shape index (κ3) is 0.885. The Hall–Kier alpha value is -0.0151. The molecule has 2 nitrogen and oxygen atoms in total. The molecule has 2 fully saturated rings. The Labute approximate surface area is 62.3 Å². The quantitative estimate of drug-likeness (QED) is 0.438. The molecule has 0 aromatic rings. The lowest BCUT2D eigenvalue weighted by molar-refractivity contribution is -0.0123. The number of rotatable bonds is 0. The molecule has 0 amide bonds. The van der Waals surface area contributed by atoms with E-state index in [0.29, 0.717) is 12.1 Å². The van der Waals surface area contributed by atoms with Crippen molar-refractivity contribution in [1.82, 2.24) is 0 Å². The van der Waals surface area contributed by atoms with Crippen LogP contribution >= 0.6 is 0 Å². The van der Waals surface area contributed by atoms with E-state index in [9.17, 15) is 0 Å². The van der Waals surface area contributed by atoms with E-state index in [1.54, 1.807) is 0 Å². The van der Waals surface area contributed by atoms with Crippen molar-refractivity contribution in [2.24, 2.45) is 0 Å². The number of ether oxygens (including phenoxy) is 2. The zero-order chi connectivity index (χ0) is 7.19. The van der Waals surface area contributed by atoms with Crippen molar-refractivity contribution in [3.8, 4) is 0 Å². The number of hydrogen-bond acceptors (Lipinski definition) is 2. The van der Waals surface area contributed by atoms with Crippen molar-refractivity contribution < 1.29 is 9.47 Å². The zero-order valence-corrected chi connectivity index (χ0v) is 6.59. The summed E-state index contributed by atoms with van der Waals surface area (Å²) < 4.78 is 11.3. The second-order valence-corrected chi connectivity index (χ2v) is 3.64. The van der Waals surface area contributed by atoms with Gasteiger partial charge in [0.25, 0.3) is 0 Å². The minimum Gasteiger partial charge on any atom is -0.378 e. The first-order valence-electron chi connectivity index (χ1n) is 3.99. The normalized spacial score (nSPS) is 53.3. The molecular weight excluding hydrogens is 127 g/mol. The summed E-state index contributed by atoms with van der Waals surface area (Å²) in [6, 6.07) is 0.312. The molecular formula is C7H13BO2. The molecule has 2 aliphatic heterocycles. The molecule has 3 unspecified atom stereocenters. The highest BCUT2D eigenvalue weighted by atomic mass is 16.6. The van der Waals surface area contributed by atoms with Gasteiger partial charge in [0.05, 0.1) is 17.7 Å². The molecule has 0 aromatic carbocycles. The maximum Gasteiger partial charge on any atom is 0.142 e. The van der Waals surface area contributed by atoms with Crippen LogP contribution in [0.25, 0.3) is 0 Å².